The molecule has 2 N–H and O–H groups in total. The molecule has 2 aromatic heterocycles. The second kappa shape index (κ2) is 9.12. The van der Waals surface area contributed by atoms with Crippen LogP contribution in [0.3, 0.4) is 0 Å². The third-order valence-electron chi connectivity index (χ3n) is 5.08. The fourth-order valence-corrected chi connectivity index (χ4v) is 6.71. The van der Waals surface area contributed by atoms with Gasteiger partial charge in [-0.25, -0.2) is 9.78 Å². The number of β-lactam (4-membered cyclic amide) rings is 1. The predicted octanol–water partition coefficient (Wildman–Crippen LogP) is 1.22. The average Bonchev–Trinajstić information content (AvgIpc) is 3.25. The fourth-order valence-electron chi connectivity index (χ4n) is 3.50. The molecule has 2 aliphatic heterocycles. The summed E-state index contributed by atoms with van der Waals surface area (Å²) in [6.07, 6.45) is 0.185. The number of fused-ring (bicyclic) bond motifs is 1. The number of amides is 2. The molecule has 32 heavy (non-hydrogen) atoms. The van der Waals surface area contributed by atoms with Crippen LogP contribution in [0.2, 0.25) is 0 Å². The van der Waals surface area contributed by atoms with Gasteiger partial charge in [-0.3, -0.25) is 23.9 Å². The average molecular weight is 493 g/mol. The summed E-state index contributed by atoms with van der Waals surface area (Å²) in [6, 6.07) is 4.39. The Morgan fingerprint density at radius 1 is 1.38 bits per heavy atom. The number of hydrogen-bond acceptors (Lipinski definition) is 8. The van der Waals surface area contributed by atoms with E-state index >= 15 is 0 Å². The van der Waals surface area contributed by atoms with E-state index in [1.54, 1.807) is 14.0 Å². The van der Waals surface area contributed by atoms with E-state index in [0.29, 0.717) is 22.2 Å². The van der Waals surface area contributed by atoms with Crippen LogP contribution in [0.4, 0.5) is 0 Å². The van der Waals surface area contributed by atoms with E-state index < -0.39 is 23.3 Å². The van der Waals surface area contributed by atoms with E-state index in [1.165, 1.54) is 50.4 Å². The zero-order chi connectivity index (χ0) is 23.0. The number of aliphatic carboxylic acids is 1. The molecule has 12 heteroatoms. The van der Waals surface area contributed by atoms with Gasteiger partial charge in [0.2, 0.25) is 5.91 Å². The largest absolute Gasteiger partial charge is 0.477 e. The summed E-state index contributed by atoms with van der Waals surface area (Å²) in [5.41, 5.74) is 0.925. The molecule has 1 saturated heterocycles. The highest BCUT2D eigenvalue weighted by atomic mass is 32.2. The first-order valence-corrected chi connectivity index (χ1v) is 12.6. The lowest BCUT2D eigenvalue weighted by molar-refractivity contribution is -0.150. The monoisotopic (exact) mass is 492 g/mol. The van der Waals surface area contributed by atoms with Crippen LogP contribution in [0.5, 0.6) is 0 Å². The fraction of sp³-hybridized carbons (Fsp3) is 0.350. The third-order valence-corrected chi connectivity index (χ3v) is 8.41. The SMILES string of the molecule is Cc1cc(=O)n(C)c(SCC2=C(C(=O)O)N3C(=O)[C@@H](NC(=O)Cc4cccs4)[C@H]3SC2)n1. The summed E-state index contributed by atoms with van der Waals surface area (Å²) in [5.74, 6) is -1.19. The number of nitrogens with one attached hydrogen (secondary N) is 1. The number of thiophene rings is 1. The second-order valence-electron chi connectivity index (χ2n) is 7.33. The van der Waals surface area contributed by atoms with Crippen LogP contribution < -0.4 is 10.9 Å². The minimum Gasteiger partial charge on any atom is -0.477 e. The minimum atomic E-state index is -1.19. The highest BCUT2D eigenvalue weighted by Crippen LogP contribution is 2.41. The van der Waals surface area contributed by atoms with Crippen LogP contribution in [0, 0.1) is 6.92 Å². The molecule has 0 bridgehead atoms. The molecule has 2 atom stereocenters. The molecule has 0 aliphatic carbocycles. The number of thioether (sulfide) groups is 2. The van der Waals surface area contributed by atoms with Crippen molar-refractivity contribution in [1.82, 2.24) is 19.8 Å². The van der Waals surface area contributed by atoms with Crippen LogP contribution in [0.25, 0.3) is 0 Å². The van der Waals surface area contributed by atoms with Crippen LogP contribution >= 0.6 is 34.9 Å². The molecule has 0 aromatic carbocycles. The number of carbonyl (C=O) groups excluding carboxylic acids is 2. The Morgan fingerprint density at radius 2 is 2.16 bits per heavy atom. The summed E-state index contributed by atoms with van der Waals surface area (Å²) in [5, 5.41) is 14.5. The van der Waals surface area contributed by atoms with Gasteiger partial charge in [-0.05, 0) is 23.9 Å². The van der Waals surface area contributed by atoms with E-state index in [-0.39, 0.29) is 29.3 Å². The van der Waals surface area contributed by atoms with E-state index in [0.717, 1.165) is 4.88 Å². The number of carbonyl (C=O) groups is 3. The van der Waals surface area contributed by atoms with Crippen molar-refractivity contribution in [3.63, 3.8) is 0 Å². The van der Waals surface area contributed by atoms with Crippen LogP contribution in [0.1, 0.15) is 10.6 Å². The van der Waals surface area contributed by atoms with Gasteiger partial charge in [0.25, 0.3) is 11.5 Å². The number of aryl methyl sites for hydroxylation is 1. The summed E-state index contributed by atoms with van der Waals surface area (Å²) >= 11 is 4.14. The summed E-state index contributed by atoms with van der Waals surface area (Å²) in [7, 11) is 1.61. The van der Waals surface area contributed by atoms with Gasteiger partial charge in [-0.15, -0.1) is 23.1 Å². The van der Waals surface area contributed by atoms with Gasteiger partial charge >= 0.3 is 5.97 Å². The molecule has 9 nitrogen and oxygen atoms in total. The number of rotatable bonds is 7. The van der Waals surface area contributed by atoms with Gasteiger partial charge < -0.3 is 10.4 Å². The number of hydrogen-bond donors (Lipinski definition) is 2. The Morgan fingerprint density at radius 3 is 2.84 bits per heavy atom. The maximum Gasteiger partial charge on any atom is 0.352 e. The van der Waals surface area contributed by atoms with Crippen molar-refractivity contribution >= 4 is 52.6 Å². The Bertz CT molecular complexity index is 1170. The van der Waals surface area contributed by atoms with Crippen molar-refractivity contribution in [2.75, 3.05) is 11.5 Å². The summed E-state index contributed by atoms with van der Waals surface area (Å²) < 4.78 is 1.41. The first-order chi connectivity index (χ1) is 15.3. The maximum absolute atomic E-state index is 12.8. The highest BCUT2D eigenvalue weighted by Gasteiger charge is 2.54. The molecule has 0 saturated carbocycles. The summed E-state index contributed by atoms with van der Waals surface area (Å²) in [6.45, 7) is 1.72. The molecule has 4 rings (SSSR count). The Hall–Kier alpha value is -2.57. The molecule has 1 fully saturated rings. The quantitative estimate of drug-likeness (QED) is 0.336. The smallest absolute Gasteiger partial charge is 0.352 e. The lowest BCUT2D eigenvalue weighted by Gasteiger charge is -2.49. The van der Waals surface area contributed by atoms with Crippen molar-refractivity contribution in [2.45, 2.75) is 29.9 Å². The van der Waals surface area contributed by atoms with E-state index in [4.69, 9.17) is 0 Å². The molecule has 2 aliphatic rings. The molecule has 0 unspecified atom stereocenters. The minimum absolute atomic E-state index is 0.0485. The topological polar surface area (TPSA) is 122 Å². The van der Waals surface area contributed by atoms with Crippen molar-refractivity contribution in [3.8, 4) is 0 Å². The lowest BCUT2D eigenvalue weighted by Crippen LogP contribution is -2.70. The molecule has 2 amide bonds. The van der Waals surface area contributed by atoms with Gasteiger partial charge in [-0.2, -0.15) is 0 Å². The van der Waals surface area contributed by atoms with Crippen LogP contribution in [-0.2, 0) is 27.9 Å². The maximum atomic E-state index is 12.8. The van der Waals surface area contributed by atoms with E-state index in [9.17, 15) is 24.3 Å². The third kappa shape index (κ3) is 4.34. The first kappa shape index (κ1) is 22.6. The van der Waals surface area contributed by atoms with E-state index in [2.05, 4.69) is 10.3 Å². The molecule has 0 spiro atoms. The standard InChI is InChI=1S/C20H20N4O5S3/c1-10-6-14(26)23(2)20(21-10)32-9-11-8-31-18-15(17(27)24(18)16(11)19(28)29)22-13(25)7-12-4-3-5-30-12/h3-6,15,18H,7-9H2,1-2H3,(H,22,25)(H,28,29)/t15-,18-/m1/s1. The van der Waals surface area contributed by atoms with Gasteiger partial charge in [0.1, 0.15) is 17.1 Å². The molecular formula is C20H20N4O5S3. The lowest BCUT2D eigenvalue weighted by atomic mass is 10.0. The van der Waals surface area contributed by atoms with Crippen molar-refractivity contribution < 1.29 is 19.5 Å². The normalized spacial score (nSPS) is 20.1. The molecular weight excluding hydrogens is 472 g/mol. The molecule has 0 radical (unpaired) electrons. The number of nitrogens with zero attached hydrogens (tertiary/aromatic N) is 3. The van der Waals surface area contributed by atoms with Crippen LogP contribution in [-0.4, -0.2) is 60.3 Å². The first-order valence-electron chi connectivity index (χ1n) is 9.65. The van der Waals surface area contributed by atoms with E-state index in [1.807, 2.05) is 17.5 Å². The van der Waals surface area contributed by atoms with Crippen molar-refractivity contribution in [3.05, 3.63) is 55.8 Å². The number of carboxylic acids is 1. The Balaban J connectivity index is 1.48. The Kier molecular flexibility index (Phi) is 6.45. The van der Waals surface area contributed by atoms with Crippen molar-refractivity contribution in [2.24, 2.45) is 7.05 Å². The van der Waals surface area contributed by atoms with Gasteiger partial charge in [-0.1, -0.05) is 17.8 Å². The predicted molar refractivity (Wildman–Crippen MR) is 123 cm³/mol. The molecule has 168 valence electrons. The number of carboxylic acid groups (broad SMARTS) is 1. The zero-order valence-electron chi connectivity index (χ0n) is 17.2. The van der Waals surface area contributed by atoms with Crippen molar-refractivity contribution in [1.29, 1.82) is 0 Å². The highest BCUT2D eigenvalue weighted by molar-refractivity contribution is 8.01. The Labute approximate surface area is 195 Å². The summed E-state index contributed by atoms with van der Waals surface area (Å²) in [4.78, 5) is 55.5. The second-order valence-corrected chi connectivity index (χ2v) is 10.4. The molecule has 4 heterocycles. The van der Waals surface area contributed by atoms with Gasteiger partial charge in [0, 0.05) is 35.2 Å². The van der Waals surface area contributed by atoms with Crippen LogP contribution in [0.15, 0.2) is 44.8 Å². The van der Waals surface area contributed by atoms with Gasteiger partial charge in [0.15, 0.2) is 5.16 Å². The van der Waals surface area contributed by atoms with Gasteiger partial charge in [0.05, 0.1) is 6.42 Å². The number of aromatic nitrogens is 2. The zero-order valence-corrected chi connectivity index (χ0v) is 19.7. The molecule has 2 aromatic rings.